The van der Waals surface area contributed by atoms with E-state index < -0.39 is 0 Å². The van der Waals surface area contributed by atoms with E-state index in [2.05, 4.69) is 16.3 Å². The van der Waals surface area contributed by atoms with Crippen LogP contribution in [0.3, 0.4) is 0 Å². The molecule has 4 heteroatoms. The zero-order valence-electron chi connectivity index (χ0n) is 11.0. The number of aryl methyl sites for hydroxylation is 1. The largest absolute Gasteiger partial charge is 0.285 e. The van der Waals surface area contributed by atoms with Crippen LogP contribution in [0.4, 0.5) is 0 Å². The summed E-state index contributed by atoms with van der Waals surface area (Å²) in [4.78, 5) is 0. The van der Waals surface area contributed by atoms with E-state index in [1.165, 1.54) is 38.5 Å². The minimum atomic E-state index is 0.659. The predicted octanol–water partition coefficient (Wildman–Crippen LogP) is 3.11. The number of fused-ring (bicyclic) bond motifs is 1. The highest BCUT2D eigenvalue weighted by molar-refractivity contribution is 5.42. The van der Waals surface area contributed by atoms with Crippen LogP contribution in [0.5, 0.6) is 0 Å². The molecule has 2 heterocycles. The SMILES string of the molecule is N#Cc1ccc2nnc(CCC3CCCCC3)n2c1. The maximum Gasteiger partial charge on any atom is 0.160 e. The summed E-state index contributed by atoms with van der Waals surface area (Å²) in [5.41, 5.74) is 1.49. The molecule has 1 saturated carbocycles. The molecule has 0 aliphatic heterocycles. The standard InChI is InChI=1S/C15H18N4/c16-10-13-7-9-15-18-17-14(19(15)11-13)8-6-12-4-2-1-3-5-12/h7,9,11-12H,1-6,8H2. The van der Waals surface area contributed by atoms with Crippen molar-refractivity contribution in [3.8, 4) is 6.07 Å². The summed E-state index contributed by atoms with van der Waals surface area (Å²) < 4.78 is 1.96. The maximum absolute atomic E-state index is 8.96. The van der Waals surface area contributed by atoms with E-state index in [1.54, 1.807) is 6.07 Å². The van der Waals surface area contributed by atoms with Gasteiger partial charge in [0.1, 0.15) is 11.9 Å². The molecule has 3 rings (SSSR count). The summed E-state index contributed by atoms with van der Waals surface area (Å²) >= 11 is 0. The zero-order valence-corrected chi connectivity index (χ0v) is 11.0. The molecule has 98 valence electrons. The van der Waals surface area contributed by atoms with Gasteiger partial charge in [-0.15, -0.1) is 10.2 Å². The van der Waals surface area contributed by atoms with Gasteiger partial charge in [-0.1, -0.05) is 32.1 Å². The van der Waals surface area contributed by atoms with Crippen LogP contribution >= 0.6 is 0 Å². The van der Waals surface area contributed by atoms with Gasteiger partial charge in [-0.3, -0.25) is 4.40 Å². The number of aromatic nitrogens is 3. The number of hydrogen-bond acceptors (Lipinski definition) is 3. The summed E-state index contributed by atoms with van der Waals surface area (Å²) in [7, 11) is 0. The molecule has 0 aromatic carbocycles. The highest BCUT2D eigenvalue weighted by Crippen LogP contribution is 2.27. The van der Waals surface area contributed by atoms with Gasteiger partial charge >= 0.3 is 0 Å². The second-order valence-electron chi connectivity index (χ2n) is 5.42. The molecule has 19 heavy (non-hydrogen) atoms. The Kier molecular flexibility index (Phi) is 3.45. The third-order valence-electron chi connectivity index (χ3n) is 4.10. The van der Waals surface area contributed by atoms with E-state index in [9.17, 15) is 0 Å². The molecule has 0 amide bonds. The second kappa shape index (κ2) is 5.40. The predicted molar refractivity (Wildman–Crippen MR) is 72.6 cm³/mol. The number of nitrogens with zero attached hydrogens (tertiary/aromatic N) is 4. The van der Waals surface area contributed by atoms with Crippen molar-refractivity contribution in [2.24, 2.45) is 5.92 Å². The van der Waals surface area contributed by atoms with Crippen molar-refractivity contribution in [2.75, 3.05) is 0 Å². The molecule has 4 nitrogen and oxygen atoms in total. The van der Waals surface area contributed by atoms with Crippen LogP contribution in [0.2, 0.25) is 0 Å². The minimum Gasteiger partial charge on any atom is -0.285 e. The molecule has 0 radical (unpaired) electrons. The fraction of sp³-hybridized carbons (Fsp3) is 0.533. The van der Waals surface area contributed by atoms with Crippen LogP contribution in [0.1, 0.15) is 49.9 Å². The average Bonchev–Trinajstić information content (AvgIpc) is 2.88. The molecular weight excluding hydrogens is 236 g/mol. The molecule has 1 aliphatic carbocycles. The van der Waals surface area contributed by atoms with Gasteiger partial charge in [0, 0.05) is 12.6 Å². The van der Waals surface area contributed by atoms with Crippen LogP contribution < -0.4 is 0 Å². The van der Waals surface area contributed by atoms with Gasteiger partial charge < -0.3 is 0 Å². The van der Waals surface area contributed by atoms with Crippen molar-refractivity contribution in [1.82, 2.24) is 14.6 Å². The first-order valence-corrected chi connectivity index (χ1v) is 7.10. The molecule has 0 bridgehead atoms. The lowest BCUT2D eigenvalue weighted by Gasteiger charge is -2.20. The van der Waals surface area contributed by atoms with E-state index in [4.69, 9.17) is 5.26 Å². The number of hydrogen-bond donors (Lipinski definition) is 0. The lowest BCUT2D eigenvalue weighted by Crippen LogP contribution is -2.08. The molecule has 1 aliphatic rings. The first-order chi connectivity index (χ1) is 9.36. The number of nitriles is 1. The van der Waals surface area contributed by atoms with Crippen molar-refractivity contribution < 1.29 is 0 Å². The molecule has 0 atom stereocenters. The molecule has 1 fully saturated rings. The Morgan fingerprint density at radius 2 is 2.05 bits per heavy atom. The Morgan fingerprint density at radius 3 is 2.84 bits per heavy atom. The van der Waals surface area contributed by atoms with Crippen LogP contribution in [-0.4, -0.2) is 14.6 Å². The zero-order chi connectivity index (χ0) is 13.1. The quantitative estimate of drug-likeness (QED) is 0.845. The molecule has 0 spiro atoms. The molecule has 0 unspecified atom stereocenters. The van der Waals surface area contributed by atoms with Crippen LogP contribution in [-0.2, 0) is 6.42 Å². The Morgan fingerprint density at radius 1 is 1.21 bits per heavy atom. The third kappa shape index (κ3) is 2.60. The van der Waals surface area contributed by atoms with Crippen molar-refractivity contribution in [3.05, 3.63) is 29.7 Å². The first-order valence-electron chi connectivity index (χ1n) is 7.10. The van der Waals surface area contributed by atoms with Gasteiger partial charge in [0.15, 0.2) is 5.65 Å². The van der Waals surface area contributed by atoms with E-state index in [0.717, 1.165) is 23.8 Å². The van der Waals surface area contributed by atoms with Gasteiger partial charge in [-0.25, -0.2) is 0 Å². The second-order valence-corrected chi connectivity index (χ2v) is 5.42. The topological polar surface area (TPSA) is 54.0 Å². The summed E-state index contributed by atoms with van der Waals surface area (Å²) in [6.07, 6.45) is 10.9. The fourth-order valence-electron chi connectivity index (χ4n) is 2.98. The monoisotopic (exact) mass is 254 g/mol. The van der Waals surface area contributed by atoms with E-state index >= 15 is 0 Å². The molecule has 2 aromatic heterocycles. The van der Waals surface area contributed by atoms with Crippen LogP contribution in [0, 0.1) is 17.2 Å². The summed E-state index contributed by atoms with van der Waals surface area (Å²) in [5.74, 6) is 1.83. The average molecular weight is 254 g/mol. The van der Waals surface area contributed by atoms with Gasteiger partial charge in [-0.05, 0) is 24.5 Å². The third-order valence-corrected chi connectivity index (χ3v) is 4.10. The molecule has 0 N–H and O–H groups in total. The van der Waals surface area contributed by atoms with Gasteiger partial charge in [-0.2, -0.15) is 5.26 Å². The lowest BCUT2D eigenvalue weighted by molar-refractivity contribution is 0.337. The minimum absolute atomic E-state index is 0.659. The van der Waals surface area contributed by atoms with E-state index in [0.29, 0.717) is 5.56 Å². The maximum atomic E-state index is 8.96. The summed E-state index contributed by atoms with van der Waals surface area (Å²) in [5, 5.41) is 17.4. The molecule has 2 aromatic rings. The Balaban J connectivity index is 1.75. The van der Waals surface area contributed by atoms with Crippen molar-refractivity contribution in [2.45, 2.75) is 44.9 Å². The molecular formula is C15H18N4. The van der Waals surface area contributed by atoms with Gasteiger partial charge in [0.05, 0.1) is 5.56 Å². The first kappa shape index (κ1) is 12.2. The van der Waals surface area contributed by atoms with Crippen molar-refractivity contribution >= 4 is 5.65 Å². The fourth-order valence-corrected chi connectivity index (χ4v) is 2.98. The van der Waals surface area contributed by atoms with E-state index in [1.807, 2.05) is 16.7 Å². The summed E-state index contributed by atoms with van der Waals surface area (Å²) in [6.45, 7) is 0. The van der Waals surface area contributed by atoms with Crippen molar-refractivity contribution in [3.63, 3.8) is 0 Å². The van der Waals surface area contributed by atoms with E-state index in [-0.39, 0.29) is 0 Å². The van der Waals surface area contributed by atoms with Gasteiger partial charge in [0.2, 0.25) is 0 Å². The smallest absolute Gasteiger partial charge is 0.160 e. The lowest BCUT2D eigenvalue weighted by atomic mass is 9.86. The Labute approximate surface area is 113 Å². The highest BCUT2D eigenvalue weighted by atomic mass is 15.2. The molecule has 0 saturated heterocycles. The summed E-state index contributed by atoms with van der Waals surface area (Å²) in [6, 6.07) is 5.81. The van der Waals surface area contributed by atoms with Gasteiger partial charge in [0.25, 0.3) is 0 Å². The Bertz CT molecular complexity index is 602. The highest BCUT2D eigenvalue weighted by Gasteiger charge is 2.15. The number of pyridine rings is 1. The van der Waals surface area contributed by atoms with Crippen LogP contribution in [0.15, 0.2) is 18.3 Å². The number of rotatable bonds is 3. The normalized spacial score (nSPS) is 16.6. The van der Waals surface area contributed by atoms with Crippen molar-refractivity contribution in [1.29, 1.82) is 5.26 Å². The Hall–Kier alpha value is -1.89. The van der Waals surface area contributed by atoms with Crippen LogP contribution in [0.25, 0.3) is 5.65 Å².